The molecule has 17 heteroatoms. The fourth-order valence-electron chi connectivity index (χ4n) is 8.94. The molecule has 2 aliphatic heterocycles. The lowest BCUT2D eigenvalue weighted by molar-refractivity contribution is -0.154. The van der Waals surface area contributed by atoms with E-state index in [2.05, 4.69) is 20.8 Å². The number of benzene rings is 6. The van der Waals surface area contributed by atoms with Crippen molar-refractivity contribution in [2.24, 2.45) is 5.16 Å². The monoisotopic (exact) mass is 1020 g/mol. The summed E-state index contributed by atoms with van der Waals surface area (Å²) in [7, 11) is 0. The highest BCUT2D eigenvalue weighted by Gasteiger charge is 2.53. The average molecular weight is 1020 g/mol. The van der Waals surface area contributed by atoms with E-state index in [1.807, 2.05) is 182 Å². The van der Waals surface area contributed by atoms with Crippen molar-refractivity contribution < 1.29 is 23.4 Å². The van der Waals surface area contributed by atoms with Crippen LogP contribution in [0.25, 0.3) is 0 Å². The van der Waals surface area contributed by atoms with Crippen molar-refractivity contribution in [3.05, 3.63) is 242 Å². The van der Waals surface area contributed by atoms with E-state index in [-0.39, 0.29) is 25.9 Å². The summed E-state index contributed by atoms with van der Waals surface area (Å²) in [6.45, 7) is 0. The predicted molar refractivity (Wildman–Crippen MR) is 274 cm³/mol. The third-order valence-corrected chi connectivity index (χ3v) is 15.0. The van der Waals surface area contributed by atoms with Crippen LogP contribution >= 0.6 is 57.9 Å². The lowest BCUT2D eigenvalue weighted by Crippen LogP contribution is -2.71. The number of aromatic nitrogens is 3. The third-order valence-electron chi connectivity index (χ3n) is 12.1. The van der Waals surface area contributed by atoms with Gasteiger partial charge in [-0.1, -0.05) is 227 Å². The molecule has 0 aliphatic carbocycles. The Morgan fingerprint density at radius 3 is 1.64 bits per heavy atom. The van der Waals surface area contributed by atoms with Crippen LogP contribution in [0.15, 0.2) is 203 Å². The zero-order valence-electron chi connectivity index (χ0n) is 36.7. The zero-order chi connectivity index (χ0) is 48.1. The molecule has 6 aromatic carbocycles. The molecule has 0 spiro atoms. The van der Waals surface area contributed by atoms with Gasteiger partial charge in [-0.2, -0.15) is 0 Å². The number of hydrogen-bond donors (Lipinski definition) is 2. The van der Waals surface area contributed by atoms with Crippen molar-refractivity contribution in [1.82, 2.24) is 25.4 Å². The molecule has 10 rings (SSSR count). The number of carbonyl (C=O) groups excluding carboxylic acids is 3. The van der Waals surface area contributed by atoms with Gasteiger partial charge in [-0.3, -0.25) is 14.5 Å². The Kier molecular flexibility index (Phi) is 13.6. The van der Waals surface area contributed by atoms with Gasteiger partial charge < -0.3 is 19.7 Å². The van der Waals surface area contributed by atoms with Crippen molar-refractivity contribution in [3.8, 4) is 0 Å². The summed E-state index contributed by atoms with van der Waals surface area (Å²) in [4.78, 5) is 55.9. The van der Waals surface area contributed by atoms with Gasteiger partial charge in [0.15, 0.2) is 10.8 Å². The molecule has 12 nitrogen and oxygen atoms in total. The van der Waals surface area contributed by atoms with Crippen LogP contribution in [0.5, 0.6) is 0 Å². The molecule has 2 atom stereocenters. The molecule has 70 heavy (non-hydrogen) atoms. The molecule has 0 radical (unpaired) electrons. The standard InChI is InChI=1S/C53H39Cl2N7O5S3/c54-45-43(57-50(68-45)58-52(34-20-7-1-8-21-34,35-22-9-2-10-23-35)36-24-11-3-12-25-36)44(61-67-53(37-26-13-4-14-27-37,38-28-15-5-16-29-38)39-30-17-6-18-31-39)46(63)56-42-40-32-19-33-41(62(40)47(42)64)48(65)66-70-51-60-59-49(55)69-51/h1-18,20-31,33,40,42H,19,32H2,(H,56,63)(H,57,58). The van der Waals surface area contributed by atoms with Gasteiger partial charge >= 0.3 is 5.97 Å². The van der Waals surface area contributed by atoms with Crippen LogP contribution in [-0.2, 0) is 34.5 Å². The van der Waals surface area contributed by atoms with Crippen molar-refractivity contribution in [1.29, 1.82) is 0 Å². The first-order chi connectivity index (χ1) is 34.3. The number of amides is 2. The van der Waals surface area contributed by atoms with E-state index in [1.54, 1.807) is 6.08 Å². The lowest BCUT2D eigenvalue weighted by atomic mass is 9.77. The molecule has 4 heterocycles. The summed E-state index contributed by atoms with van der Waals surface area (Å²) < 4.78 is 6.06. The summed E-state index contributed by atoms with van der Waals surface area (Å²) in [5.41, 5.74) is 2.37. The molecule has 2 aromatic heterocycles. The number of carbonyl (C=O) groups is 3. The van der Waals surface area contributed by atoms with Crippen LogP contribution in [0.3, 0.4) is 0 Å². The predicted octanol–water partition coefficient (Wildman–Crippen LogP) is 11.0. The highest BCUT2D eigenvalue weighted by Crippen LogP contribution is 2.44. The Hall–Kier alpha value is -7.14. The largest absolute Gasteiger partial charge is 0.379 e. The van der Waals surface area contributed by atoms with Gasteiger partial charge in [-0.25, -0.2) is 9.78 Å². The van der Waals surface area contributed by atoms with Gasteiger partial charge in [0.1, 0.15) is 39.4 Å². The first kappa shape index (κ1) is 46.6. The summed E-state index contributed by atoms with van der Waals surface area (Å²) in [6.07, 6.45) is 2.54. The molecule has 2 aliphatic rings. The highest BCUT2D eigenvalue weighted by molar-refractivity contribution is 7.97. The van der Waals surface area contributed by atoms with Crippen LogP contribution < -0.4 is 10.6 Å². The fraction of sp³-hybridized carbons (Fsp3) is 0.113. The van der Waals surface area contributed by atoms with E-state index in [9.17, 15) is 9.59 Å². The maximum absolute atomic E-state index is 15.1. The Morgan fingerprint density at radius 1 is 0.686 bits per heavy atom. The van der Waals surface area contributed by atoms with Gasteiger partial charge in [-0.05, 0) is 41.1 Å². The van der Waals surface area contributed by atoms with Gasteiger partial charge in [0.05, 0.1) is 6.04 Å². The Balaban J connectivity index is 1.06. The molecule has 2 amide bonds. The fourth-order valence-corrected chi connectivity index (χ4v) is 11.5. The van der Waals surface area contributed by atoms with Crippen molar-refractivity contribution in [2.75, 3.05) is 5.32 Å². The molecule has 8 aromatic rings. The number of fused-ring (bicyclic) bond motifs is 1. The molecule has 0 saturated carbocycles. The number of allylic oxidation sites excluding steroid dienone is 1. The number of anilines is 1. The molecular weight excluding hydrogens is 982 g/mol. The lowest BCUT2D eigenvalue weighted by Gasteiger charge is -2.49. The molecule has 1 saturated heterocycles. The first-order valence-corrected chi connectivity index (χ1v) is 25.2. The number of rotatable bonds is 16. The second-order valence-electron chi connectivity index (χ2n) is 16.1. The van der Waals surface area contributed by atoms with Gasteiger partial charge in [-0.15, -0.1) is 10.2 Å². The summed E-state index contributed by atoms with van der Waals surface area (Å²) in [5, 5.41) is 19.4. The third kappa shape index (κ3) is 8.98. The molecule has 348 valence electrons. The summed E-state index contributed by atoms with van der Waals surface area (Å²) in [6, 6.07) is 57.2. The number of thiazole rings is 1. The van der Waals surface area contributed by atoms with Gasteiger partial charge in [0.2, 0.25) is 14.4 Å². The smallest absolute Gasteiger partial charge is 0.367 e. The van der Waals surface area contributed by atoms with E-state index in [1.165, 1.54) is 4.90 Å². The number of nitrogens with zero attached hydrogens (tertiary/aromatic N) is 5. The van der Waals surface area contributed by atoms with E-state index in [0.29, 0.717) is 34.4 Å². The second kappa shape index (κ2) is 20.4. The van der Waals surface area contributed by atoms with E-state index in [4.69, 9.17) is 42.4 Å². The number of β-lactam (4-membered cyclic amide) rings is 1. The number of hydrogen-bond acceptors (Lipinski definition) is 13. The average Bonchev–Trinajstić information content (AvgIpc) is 4.01. The zero-order valence-corrected chi connectivity index (χ0v) is 40.7. The Morgan fingerprint density at radius 2 is 1.17 bits per heavy atom. The van der Waals surface area contributed by atoms with Crippen LogP contribution in [-0.4, -0.2) is 55.7 Å². The quantitative estimate of drug-likeness (QED) is 0.0315. The van der Waals surface area contributed by atoms with Crippen LogP contribution in [0.2, 0.25) is 8.80 Å². The number of nitrogens with one attached hydrogen (secondary N) is 2. The summed E-state index contributed by atoms with van der Waals surface area (Å²) >= 11 is 16.0. The minimum absolute atomic E-state index is 0.0167. The normalized spacial score (nSPS) is 15.8. The van der Waals surface area contributed by atoms with Crippen molar-refractivity contribution >= 4 is 86.5 Å². The Bertz CT molecular complexity index is 3010. The van der Waals surface area contributed by atoms with E-state index in [0.717, 1.165) is 56.1 Å². The van der Waals surface area contributed by atoms with E-state index < -0.39 is 41.0 Å². The summed E-state index contributed by atoms with van der Waals surface area (Å²) in [5.74, 6) is -2.04. The van der Waals surface area contributed by atoms with Crippen molar-refractivity contribution in [2.45, 2.75) is 40.4 Å². The van der Waals surface area contributed by atoms with Crippen LogP contribution in [0.1, 0.15) is 51.9 Å². The van der Waals surface area contributed by atoms with Crippen LogP contribution in [0, 0.1) is 0 Å². The topological polar surface area (TPSA) is 148 Å². The number of halogens is 2. The number of oxime groups is 1. The minimum Gasteiger partial charge on any atom is -0.379 e. The molecule has 2 N–H and O–H groups in total. The maximum atomic E-state index is 15.1. The van der Waals surface area contributed by atoms with Gasteiger partial charge in [0, 0.05) is 16.7 Å². The second-order valence-corrected chi connectivity index (χ2v) is 20.2. The maximum Gasteiger partial charge on any atom is 0.367 e. The minimum atomic E-state index is -1.40. The molecule has 0 bridgehead atoms. The molecular formula is C53H39Cl2N7O5S3. The van der Waals surface area contributed by atoms with Gasteiger partial charge in [0.25, 0.3) is 11.8 Å². The Labute approximate surface area is 425 Å². The molecule has 2 unspecified atom stereocenters. The highest BCUT2D eigenvalue weighted by atomic mass is 35.5. The van der Waals surface area contributed by atoms with E-state index >= 15 is 4.79 Å². The first-order valence-electron chi connectivity index (χ1n) is 22.0. The van der Waals surface area contributed by atoms with Crippen molar-refractivity contribution in [3.63, 3.8) is 0 Å². The molecule has 1 fully saturated rings. The van der Waals surface area contributed by atoms with Crippen LogP contribution in [0.4, 0.5) is 5.13 Å². The SMILES string of the molecule is O=C(NC1C(=O)N2C(C(=O)OSc3nnc(Cl)s3)=CCCC12)C(=NOC(c1ccccc1)(c1ccccc1)c1ccccc1)c1nc(NC(c2ccccc2)(c2ccccc2)c2ccccc2)sc1Cl.